The van der Waals surface area contributed by atoms with Crippen LogP contribution in [0.25, 0.3) is 0 Å². The average molecular weight is 513 g/mol. The third-order valence-electron chi connectivity index (χ3n) is 5.62. The number of nitrogens with zero attached hydrogens (tertiary/aromatic N) is 3. The Balaban J connectivity index is 2.21. The van der Waals surface area contributed by atoms with Gasteiger partial charge in [0, 0.05) is 12.7 Å². The number of esters is 3. The van der Waals surface area contributed by atoms with Gasteiger partial charge in [-0.15, -0.1) is 0 Å². The van der Waals surface area contributed by atoms with Crippen LogP contribution in [-0.2, 0) is 33.4 Å². The molecule has 1 aromatic rings. The van der Waals surface area contributed by atoms with Gasteiger partial charge in [0.15, 0.2) is 0 Å². The summed E-state index contributed by atoms with van der Waals surface area (Å²) in [5.74, 6) is -4.41. The van der Waals surface area contributed by atoms with Crippen molar-refractivity contribution in [2.45, 2.75) is 12.5 Å². The summed E-state index contributed by atoms with van der Waals surface area (Å²) < 4.78 is 14.4. The molecule has 0 aliphatic carbocycles. The van der Waals surface area contributed by atoms with Crippen molar-refractivity contribution in [3.05, 3.63) is 53.3 Å². The Labute approximate surface area is 210 Å². The predicted octanol–water partition coefficient (Wildman–Crippen LogP) is 0.530. The van der Waals surface area contributed by atoms with E-state index in [1.54, 1.807) is 30.3 Å². The number of urea groups is 2. The molecule has 0 bridgehead atoms. The second-order valence-electron chi connectivity index (χ2n) is 7.63. The molecule has 1 fully saturated rings. The number of para-hydroxylation sites is 1. The molecule has 5 amide bonds. The van der Waals surface area contributed by atoms with Crippen molar-refractivity contribution >= 4 is 47.3 Å². The number of hydrogen-bond donors (Lipinski definition) is 2. The van der Waals surface area contributed by atoms with Crippen LogP contribution in [0.5, 0.6) is 0 Å². The van der Waals surface area contributed by atoms with Gasteiger partial charge in [-0.25, -0.2) is 29.4 Å². The molecule has 1 unspecified atom stereocenters. The highest BCUT2D eigenvalue weighted by Crippen LogP contribution is 2.41. The number of carbonyl (C=O) groups excluding carboxylic acids is 6. The monoisotopic (exact) mass is 513 g/mol. The number of nitrogens with one attached hydrogen (secondary N) is 2. The van der Waals surface area contributed by atoms with Gasteiger partial charge >= 0.3 is 30.0 Å². The summed E-state index contributed by atoms with van der Waals surface area (Å²) in [4.78, 5) is 78.6. The quantitative estimate of drug-likeness (QED) is 0.181. The van der Waals surface area contributed by atoms with Crippen LogP contribution in [0.1, 0.15) is 6.92 Å². The van der Waals surface area contributed by atoms with Crippen molar-refractivity contribution in [1.82, 2.24) is 15.2 Å². The first kappa shape index (κ1) is 26.6. The number of carbonyl (C=O) groups is 6. The van der Waals surface area contributed by atoms with Crippen LogP contribution in [-0.4, -0.2) is 85.3 Å². The number of rotatable bonds is 6. The Morgan fingerprint density at radius 1 is 0.946 bits per heavy atom. The summed E-state index contributed by atoms with van der Waals surface area (Å²) in [5, 5.41) is 6.45. The molecule has 3 rings (SSSR count). The standard InChI is InChI=1S/C23H23N5O9/c1-12(25-26-21(33)24-13-9-7-6-8-10-13)23(20(32)37-5)11-14(18(30)35-3)15(19(31)36-4)16-17(29)27(2)22(34)28(16)23/h6-11H,1-5H3,(H2,24,26,33)/b25-12+. The van der Waals surface area contributed by atoms with E-state index in [0.29, 0.717) is 15.5 Å². The van der Waals surface area contributed by atoms with Crippen molar-refractivity contribution in [3.63, 3.8) is 0 Å². The second-order valence-corrected chi connectivity index (χ2v) is 7.63. The van der Waals surface area contributed by atoms with Crippen LogP contribution < -0.4 is 10.7 Å². The van der Waals surface area contributed by atoms with Crippen LogP contribution in [0, 0.1) is 0 Å². The number of ether oxygens (including phenoxy) is 3. The Morgan fingerprint density at radius 3 is 2.14 bits per heavy atom. The zero-order valence-corrected chi connectivity index (χ0v) is 20.5. The lowest BCUT2D eigenvalue weighted by Gasteiger charge is -2.39. The van der Waals surface area contributed by atoms with E-state index in [1.165, 1.54) is 6.92 Å². The zero-order chi connectivity index (χ0) is 27.5. The van der Waals surface area contributed by atoms with Crippen LogP contribution in [0.2, 0.25) is 0 Å². The molecule has 0 aromatic heterocycles. The third kappa shape index (κ3) is 4.39. The van der Waals surface area contributed by atoms with Crippen LogP contribution in [0.4, 0.5) is 15.3 Å². The number of anilines is 1. The minimum absolute atomic E-state index is 0.290. The number of likely N-dealkylation sites (N-methyl/N-ethyl adjacent to an activating group) is 1. The topological polar surface area (TPSA) is 173 Å². The van der Waals surface area contributed by atoms with Gasteiger partial charge < -0.3 is 19.5 Å². The largest absolute Gasteiger partial charge is 0.467 e. The maximum Gasteiger partial charge on any atom is 0.342 e. The lowest BCUT2D eigenvalue weighted by atomic mass is 9.82. The van der Waals surface area contributed by atoms with Crippen molar-refractivity contribution in [1.29, 1.82) is 0 Å². The number of hydrogen-bond acceptors (Lipinski definition) is 10. The molecule has 194 valence electrons. The van der Waals surface area contributed by atoms with Crippen LogP contribution >= 0.6 is 0 Å². The lowest BCUT2D eigenvalue weighted by Crippen LogP contribution is -2.61. The molecular formula is C23H23N5O9. The summed E-state index contributed by atoms with van der Waals surface area (Å²) in [6.07, 6.45) is 0.903. The number of fused-ring (bicyclic) bond motifs is 1. The summed E-state index contributed by atoms with van der Waals surface area (Å²) in [6, 6.07) is 6.54. The highest BCUT2D eigenvalue weighted by Gasteiger charge is 2.61. The molecule has 14 heteroatoms. The molecular weight excluding hydrogens is 490 g/mol. The molecule has 2 N–H and O–H groups in total. The molecule has 1 aromatic carbocycles. The van der Waals surface area contributed by atoms with E-state index in [4.69, 9.17) is 14.2 Å². The Kier molecular flexibility index (Phi) is 7.41. The molecule has 0 radical (unpaired) electrons. The number of amides is 5. The first-order valence-electron chi connectivity index (χ1n) is 10.6. The van der Waals surface area contributed by atoms with E-state index < -0.39 is 58.3 Å². The van der Waals surface area contributed by atoms with Crippen molar-refractivity contribution in [3.8, 4) is 0 Å². The molecule has 0 spiro atoms. The highest BCUT2D eigenvalue weighted by atomic mass is 16.5. The van der Waals surface area contributed by atoms with Gasteiger partial charge in [0.1, 0.15) is 11.3 Å². The van der Waals surface area contributed by atoms with Gasteiger partial charge in [0.2, 0.25) is 5.54 Å². The van der Waals surface area contributed by atoms with Gasteiger partial charge in [0.05, 0.1) is 32.6 Å². The van der Waals surface area contributed by atoms with Crippen LogP contribution in [0.15, 0.2) is 58.4 Å². The first-order valence-corrected chi connectivity index (χ1v) is 10.6. The summed E-state index contributed by atoms with van der Waals surface area (Å²) in [7, 11) is 4.13. The molecule has 0 saturated carbocycles. The summed E-state index contributed by atoms with van der Waals surface area (Å²) in [5.41, 5.74) is -1.81. The minimum Gasteiger partial charge on any atom is -0.467 e. The first-order chi connectivity index (χ1) is 17.5. The van der Waals surface area contributed by atoms with E-state index in [2.05, 4.69) is 15.8 Å². The second kappa shape index (κ2) is 10.3. The van der Waals surface area contributed by atoms with Gasteiger partial charge in [-0.1, -0.05) is 18.2 Å². The van der Waals surface area contributed by atoms with E-state index in [0.717, 1.165) is 34.5 Å². The maximum atomic E-state index is 13.3. The lowest BCUT2D eigenvalue weighted by molar-refractivity contribution is -0.146. The Morgan fingerprint density at radius 2 is 1.57 bits per heavy atom. The Bertz CT molecular complexity index is 1280. The summed E-state index contributed by atoms with van der Waals surface area (Å²) >= 11 is 0. The van der Waals surface area contributed by atoms with E-state index in [1.807, 2.05) is 0 Å². The summed E-state index contributed by atoms with van der Waals surface area (Å²) in [6.45, 7) is 1.25. The molecule has 2 aliphatic rings. The maximum absolute atomic E-state index is 13.3. The normalized spacial score (nSPS) is 19.2. The van der Waals surface area contributed by atoms with Gasteiger partial charge in [-0.05, 0) is 25.1 Å². The molecule has 2 heterocycles. The van der Waals surface area contributed by atoms with Crippen molar-refractivity contribution in [2.24, 2.45) is 5.10 Å². The SMILES string of the molecule is COC(=O)C1=CC(C(=O)OC)(/C(C)=N/NC(=O)Nc2ccccc2)N2C(=O)N(C)C(=O)C2=C1C(=O)OC. The zero-order valence-electron chi connectivity index (χ0n) is 20.5. The fraction of sp³-hybridized carbons (Fsp3) is 0.261. The van der Waals surface area contributed by atoms with Crippen molar-refractivity contribution in [2.75, 3.05) is 33.7 Å². The number of benzene rings is 1. The number of hydrazone groups is 1. The van der Waals surface area contributed by atoms with Crippen LogP contribution in [0.3, 0.4) is 0 Å². The predicted molar refractivity (Wildman–Crippen MR) is 126 cm³/mol. The van der Waals surface area contributed by atoms with Gasteiger partial charge in [-0.3, -0.25) is 14.6 Å². The molecule has 1 saturated heterocycles. The fourth-order valence-electron chi connectivity index (χ4n) is 3.81. The number of methoxy groups -OCH3 is 3. The highest BCUT2D eigenvalue weighted by molar-refractivity contribution is 6.26. The van der Waals surface area contributed by atoms with E-state index in [-0.39, 0.29) is 5.71 Å². The molecule has 37 heavy (non-hydrogen) atoms. The van der Waals surface area contributed by atoms with E-state index >= 15 is 0 Å². The molecule has 2 aliphatic heterocycles. The number of imide groups is 1. The third-order valence-corrected chi connectivity index (χ3v) is 5.62. The van der Waals surface area contributed by atoms with E-state index in [9.17, 15) is 28.8 Å². The molecule has 14 nitrogen and oxygen atoms in total. The average Bonchev–Trinajstić information content (AvgIpc) is 3.14. The minimum atomic E-state index is -2.37. The smallest absolute Gasteiger partial charge is 0.342 e. The van der Waals surface area contributed by atoms with Gasteiger partial charge in [0.25, 0.3) is 5.91 Å². The van der Waals surface area contributed by atoms with Crippen molar-refractivity contribution < 1.29 is 43.0 Å². The fourth-order valence-corrected chi connectivity index (χ4v) is 3.81. The Hall–Kier alpha value is -5.01. The molecule has 1 atom stereocenters. The van der Waals surface area contributed by atoms with Gasteiger partial charge in [-0.2, -0.15) is 5.10 Å².